The van der Waals surface area contributed by atoms with E-state index in [1.165, 1.54) is 27.4 Å². The lowest BCUT2D eigenvalue weighted by molar-refractivity contribution is 0.104. The molecule has 5 heteroatoms. The Labute approximate surface area is 143 Å². The molecule has 2 aromatic carbocycles. The number of ether oxygens (including phenoxy) is 3. The van der Waals surface area contributed by atoms with Crippen LogP contribution in [0.2, 0.25) is 0 Å². The zero-order valence-corrected chi connectivity index (χ0v) is 14.7. The molecule has 0 fully saturated rings. The summed E-state index contributed by atoms with van der Waals surface area (Å²) < 4.78 is 16.7. The second kappa shape index (κ2) is 7.83. The minimum absolute atomic E-state index is 0.175. The van der Waals surface area contributed by atoms with Crippen molar-refractivity contribution in [1.82, 2.24) is 0 Å². The van der Waals surface area contributed by atoms with Crippen LogP contribution in [0.15, 0.2) is 46.9 Å². The van der Waals surface area contributed by atoms with Crippen LogP contribution < -0.4 is 14.2 Å². The maximum Gasteiger partial charge on any atom is 0.189 e. The van der Waals surface area contributed by atoms with E-state index in [1.807, 2.05) is 24.3 Å². The number of halogens is 1. The van der Waals surface area contributed by atoms with Crippen LogP contribution in [0.25, 0.3) is 6.08 Å². The van der Waals surface area contributed by atoms with Gasteiger partial charge in [0.15, 0.2) is 17.3 Å². The van der Waals surface area contributed by atoms with Crippen LogP contribution in [0.4, 0.5) is 0 Å². The van der Waals surface area contributed by atoms with E-state index in [2.05, 4.69) is 15.9 Å². The van der Waals surface area contributed by atoms with Crippen LogP contribution in [0, 0.1) is 0 Å². The molecule has 0 amide bonds. The number of benzene rings is 2. The summed E-state index contributed by atoms with van der Waals surface area (Å²) in [6.07, 6.45) is 3.26. The molecule has 23 heavy (non-hydrogen) atoms. The van der Waals surface area contributed by atoms with Gasteiger partial charge in [-0.1, -0.05) is 34.1 Å². The van der Waals surface area contributed by atoms with Crippen LogP contribution in [-0.2, 0) is 0 Å². The van der Waals surface area contributed by atoms with Crippen LogP contribution in [0.3, 0.4) is 0 Å². The molecule has 4 nitrogen and oxygen atoms in total. The third-order valence-electron chi connectivity index (χ3n) is 3.27. The number of carbonyl (C=O) groups is 1. The van der Waals surface area contributed by atoms with Crippen LogP contribution >= 0.6 is 15.9 Å². The first-order valence-corrected chi connectivity index (χ1v) is 7.66. The van der Waals surface area contributed by atoms with Crippen molar-refractivity contribution in [3.8, 4) is 17.2 Å². The largest absolute Gasteiger partial charge is 0.496 e. The first kappa shape index (κ1) is 17.1. The minimum atomic E-state index is -0.175. The average molecular weight is 377 g/mol. The van der Waals surface area contributed by atoms with E-state index in [0.29, 0.717) is 22.8 Å². The maximum absolute atomic E-state index is 12.5. The molecule has 2 rings (SSSR count). The molecule has 0 aliphatic heterocycles. The van der Waals surface area contributed by atoms with Gasteiger partial charge in [0, 0.05) is 10.5 Å². The Morgan fingerprint density at radius 1 is 0.913 bits per heavy atom. The lowest BCUT2D eigenvalue weighted by Crippen LogP contribution is -2.01. The van der Waals surface area contributed by atoms with Crippen molar-refractivity contribution in [2.75, 3.05) is 21.3 Å². The lowest BCUT2D eigenvalue weighted by atomic mass is 10.1. The van der Waals surface area contributed by atoms with Crippen molar-refractivity contribution < 1.29 is 19.0 Å². The molecule has 0 bridgehead atoms. The number of methoxy groups -OCH3 is 3. The molecule has 0 aromatic heterocycles. The topological polar surface area (TPSA) is 44.8 Å². The van der Waals surface area contributed by atoms with E-state index >= 15 is 0 Å². The average Bonchev–Trinajstić information content (AvgIpc) is 2.59. The number of ketones is 1. The molecule has 0 atom stereocenters. The number of rotatable bonds is 6. The van der Waals surface area contributed by atoms with E-state index in [1.54, 1.807) is 18.2 Å². The molecule has 2 aromatic rings. The summed E-state index contributed by atoms with van der Waals surface area (Å²) in [4.78, 5) is 12.5. The van der Waals surface area contributed by atoms with Gasteiger partial charge in [-0.15, -0.1) is 0 Å². The maximum atomic E-state index is 12.5. The van der Waals surface area contributed by atoms with Gasteiger partial charge in [0.2, 0.25) is 0 Å². The summed E-state index contributed by atoms with van der Waals surface area (Å²) in [5.41, 5.74) is 1.35. The predicted octanol–water partition coefficient (Wildman–Crippen LogP) is 4.37. The smallest absolute Gasteiger partial charge is 0.189 e. The fourth-order valence-electron chi connectivity index (χ4n) is 2.06. The second-order valence-electron chi connectivity index (χ2n) is 4.66. The van der Waals surface area contributed by atoms with Crippen LogP contribution in [0.1, 0.15) is 15.9 Å². The summed E-state index contributed by atoms with van der Waals surface area (Å²) in [5.74, 6) is 1.25. The summed E-state index contributed by atoms with van der Waals surface area (Å²) >= 11 is 3.38. The molecule has 0 saturated carbocycles. The van der Waals surface area contributed by atoms with E-state index in [9.17, 15) is 4.79 Å². The second-order valence-corrected chi connectivity index (χ2v) is 5.57. The Bertz CT molecular complexity index is 721. The standard InChI is InChI=1S/C18H17BrO4/c1-21-16-11-18(23-3)17(22-2)10-14(16)15(20)9-6-12-4-7-13(19)8-5-12/h4-11H,1-3H3/b9-6+. The molecule has 0 heterocycles. The highest BCUT2D eigenvalue weighted by Gasteiger charge is 2.15. The van der Waals surface area contributed by atoms with Gasteiger partial charge in [0.05, 0.1) is 26.9 Å². The number of hydrogen-bond donors (Lipinski definition) is 0. The van der Waals surface area contributed by atoms with Gasteiger partial charge in [-0.2, -0.15) is 0 Å². The Kier molecular flexibility index (Phi) is 5.82. The van der Waals surface area contributed by atoms with Crippen molar-refractivity contribution in [2.24, 2.45) is 0 Å². The van der Waals surface area contributed by atoms with Gasteiger partial charge in [0.1, 0.15) is 5.75 Å². The Morgan fingerprint density at radius 3 is 2.04 bits per heavy atom. The highest BCUT2D eigenvalue weighted by molar-refractivity contribution is 9.10. The molecule has 0 N–H and O–H groups in total. The molecule has 0 aliphatic rings. The van der Waals surface area contributed by atoms with Crippen molar-refractivity contribution in [3.05, 3.63) is 58.1 Å². The quantitative estimate of drug-likeness (QED) is 0.554. The molecule has 0 radical (unpaired) electrons. The van der Waals surface area contributed by atoms with E-state index in [4.69, 9.17) is 14.2 Å². The monoisotopic (exact) mass is 376 g/mol. The zero-order valence-electron chi connectivity index (χ0n) is 13.1. The molecular formula is C18H17BrO4. The Morgan fingerprint density at radius 2 is 1.48 bits per heavy atom. The van der Waals surface area contributed by atoms with Gasteiger partial charge >= 0.3 is 0 Å². The molecule has 0 saturated heterocycles. The van der Waals surface area contributed by atoms with Gasteiger partial charge < -0.3 is 14.2 Å². The van der Waals surface area contributed by atoms with E-state index in [0.717, 1.165) is 10.0 Å². The molecule has 0 unspecified atom stereocenters. The summed E-state index contributed by atoms with van der Waals surface area (Å²) in [5, 5.41) is 0. The van der Waals surface area contributed by atoms with E-state index < -0.39 is 0 Å². The van der Waals surface area contributed by atoms with Gasteiger partial charge in [0.25, 0.3) is 0 Å². The molecule has 0 spiro atoms. The van der Waals surface area contributed by atoms with Crippen molar-refractivity contribution >= 4 is 27.8 Å². The fourth-order valence-corrected chi connectivity index (χ4v) is 2.32. The van der Waals surface area contributed by atoms with Crippen molar-refractivity contribution in [3.63, 3.8) is 0 Å². The van der Waals surface area contributed by atoms with Crippen molar-refractivity contribution in [1.29, 1.82) is 0 Å². The molecule has 0 aliphatic carbocycles. The van der Waals surface area contributed by atoms with Crippen molar-refractivity contribution in [2.45, 2.75) is 0 Å². The predicted molar refractivity (Wildman–Crippen MR) is 93.6 cm³/mol. The summed E-state index contributed by atoms with van der Waals surface area (Å²) in [6.45, 7) is 0. The normalized spacial score (nSPS) is 10.6. The number of carbonyl (C=O) groups excluding carboxylic acids is 1. The van der Waals surface area contributed by atoms with Gasteiger partial charge in [-0.25, -0.2) is 0 Å². The number of allylic oxidation sites excluding steroid dienone is 1. The molecule has 120 valence electrons. The van der Waals surface area contributed by atoms with Crippen LogP contribution in [0.5, 0.6) is 17.2 Å². The third kappa shape index (κ3) is 4.13. The van der Waals surface area contributed by atoms with E-state index in [-0.39, 0.29) is 5.78 Å². The highest BCUT2D eigenvalue weighted by Crippen LogP contribution is 2.35. The fraction of sp³-hybridized carbons (Fsp3) is 0.167. The Hall–Kier alpha value is -2.27. The minimum Gasteiger partial charge on any atom is -0.496 e. The van der Waals surface area contributed by atoms with Gasteiger partial charge in [-0.05, 0) is 29.8 Å². The SMILES string of the molecule is COc1cc(OC)c(C(=O)/C=C/c2ccc(Br)cc2)cc1OC. The third-order valence-corrected chi connectivity index (χ3v) is 3.80. The highest BCUT2D eigenvalue weighted by atomic mass is 79.9. The first-order valence-electron chi connectivity index (χ1n) is 6.87. The zero-order chi connectivity index (χ0) is 16.8. The summed E-state index contributed by atoms with van der Waals surface area (Å²) in [7, 11) is 4.57. The summed E-state index contributed by atoms with van der Waals surface area (Å²) in [6, 6.07) is 10.9. The van der Waals surface area contributed by atoms with Gasteiger partial charge in [-0.3, -0.25) is 4.79 Å². The number of hydrogen-bond acceptors (Lipinski definition) is 4. The molecular weight excluding hydrogens is 360 g/mol. The lowest BCUT2D eigenvalue weighted by Gasteiger charge is -2.12. The Balaban J connectivity index is 2.32. The van der Waals surface area contributed by atoms with Crippen LogP contribution in [-0.4, -0.2) is 27.1 Å². The first-order chi connectivity index (χ1) is 11.1.